The van der Waals surface area contributed by atoms with Crippen LogP contribution < -0.4 is 5.46 Å². The minimum absolute atomic E-state index is 0.456. The molecule has 0 unspecified atom stereocenters. The van der Waals surface area contributed by atoms with Crippen molar-refractivity contribution in [2.24, 2.45) is 0 Å². The molecule has 56 valence electrons. The van der Waals surface area contributed by atoms with Crippen molar-refractivity contribution in [2.75, 3.05) is 0 Å². The van der Waals surface area contributed by atoms with Crippen molar-refractivity contribution in [1.82, 2.24) is 14.6 Å². The summed E-state index contributed by atoms with van der Waals surface area (Å²) < 4.78 is 1.47. The molecule has 12 heavy (non-hydrogen) atoms. The van der Waals surface area contributed by atoms with Crippen LogP contribution in [0.2, 0.25) is 0 Å². The van der Waals surface area contributed by atoms with Crippen molar-refractivity contribution < 1.29 is 4.79 Å². The monoisotopic (exact) mass is 157 g/mol. The first kappa shape index (κ1) is 7.03. The predicted octanol–water partition coefficient (Wildman–Crippen LogP) is -0.664. The zero-order valence-corrected chi connectivity index (χ0v) is 6.14. The molecule has 2 aromatic rings. The lowest BCUT2D eigenvalue weighted by Gasteiger charge is -1.97. The van der Waals surface area contributed by atoms with E-state index >= 15 is 0 Å². The van der Waals surface area contributed by atoms with Gasteiger partial charge in [0, 0.05) is 11.8 Å². The standard InChI is InChI=1S/C7H4BN3O/c8-6-1-5(3-12)2-11-7(6)9-4-10-11/h1-4H. The van der Waals surface area contributed by atoms with Crippen LogP contribution in [0.1, 0.15) is 10.4 Å². The zero-order valence-electron chi connectivity index (χ0n) is 6.14. The third kappa shape index (κ3) is 0.904. The molecule has 0 saturated heterocycles. The Bertz CT molecular complexity index is 437. The van der Waals surface area contributed by atoms with Gasteiger partial charge in [0.05, 0.1) is 0 Å². The molecule has 4 nitrogen and oxygen atoms in total. The molecule has 0 bridgehead atoms. The number of hydrogen-bond acceptors (Lipinski definition) is 3. The largest absolute Gasteiger partial charge is 0.298 e. The van der Waals surface area contributed by atoms with Crippen LogP contribution in [0.15, 0.2) is 18.6 Å². The molecule has 2 heterocycles. The Morgan fingerprint density at radius 2 is 2.42 bits per heavy atom. The lowest BCUT2D eigenvalue weighted by molar-refractivity contribution is 0.112. The average Bonchev–Trinajstić information content (AvgIpc) is 2.52. The highest BCUT2D eigenvalue weighted by atomic mass is 16.1. The van der Waals surface area contributed by atoms with Crippen molar-refractivity contribution >= 4 is 25.2 Å². The van der Waals surface area contributed by atoms with E-state index in [1.54, 1.807) is 12.3 Å². The first-order chi connectivity index (χ1) is 5.81. The first-order valence-electron chi connectivity index (χ1n) is 3.35. The molecule has 0 N–H and O–H groups in total. The van der Waals surface area contributed by atoms with Gasteiger partial charge in [0.1, 0.15) is 19.8 Å². The quantitative estimate of drug-likeness (QED) is 0.407. The fourth-order valence-corrected chi connectivity index (χ4v) is 1.04. The molecular formula is C7H4BN3O. The van der Waals surface area contributed by atoms with Gasteiger partial charge in [-0.2, -0.15) is 5.10 Å². The van der Waals surface area contributed by atoms with Crippen molar-refractivity contribution in [3.63, 3.8) is 0 Å². The van der Waals surface area contributed by atoms with Crippen LogP contribution >= 0.6 is 0 Å². The number of carbonyl (C=O) groups excluding carboxylic acids is 1. The van der Waals surface area contributed by atoms with Gasteiger partial charge in [-0.25, -0.2) is 9.50 Å². The van der Waals surface area contributed by atoms with Crippen LogP contribution in [0, 0.1) is 0 Å². The fourth-order valence-electron chi connectivity index (χ4n) is 1.04. The molecule has 0 spiro atoms. The van der Waals surface area contributed by atoms with Gasteiger partial charge in [0.15, 0.2) is 6.29 Å². The molecule has 2 radical (unpaired) electrons. The van der Waals surface area contributed by atoms with Gasteiger partial charge in [-0.15, -0.1) is 0 Å². The van der Waals surface area contributed by atoms with Gasteiger partial charge in [-0.3, -0.25) is 4.79 Å². The summed E-state index contributed by atoms with van der Waals surface area (Å²) >= 11 is 0. The second-order valence-electron chi connectivity index (χ2n) is 2.37. The molecular weight excluding hydrogens is 153 g/mol. The van der Waals surface area contributed by atoms with Crippen molar-refractivity contribution in [2.45, 2.75) is 0 Å². The number of aromatic nitrogens is 3. The Morgan fingerprint density at radius 3 is 3.17 bits per heavy atom. The third-order valence-electron chi connectivity index (χ3n) is 1.56. The number of aldehydes is 1. The molecule has 0 aromatic carbocycles. The summed E-state index contributed by atoms with van der Waals surface area (Å²) in [5.41, 5.74) is 1.52. The molecule has 2 aromatic heterocycles. The number of fused-ring (bicyclic) bond motifs is 1. The highest BCUT2D eigenvalue weighted by molar-refractivity contribution is 6.36. The molecule has 5 heteroatoms. The molecule has 0 aliphatic heterocycles. The minimum atomic E-state index is 0.456. The smallest absolute Gasteiger partial charge is 0.151 e. The topological polar surface area (TPSA) is 47.3 Å². The van der Waals surface area contributed by atoms with Crippen LogP contribution in [0.3, 0.4) is 0 Å². The maximum Gasteiger partial charge on any atom is 0.151 e. The number of carbonyl (C=O) groups is 1. The maximum absolute atomic E-state index is 10.4. The van der Waals surface area contributed by atoms with Gasteiger partial charge in [0.2, 0.25) is 0 Å². The maximum atomic E-state index is 10.4. The molecule has 0 aliphatic rings. The van der Waals surface area contributed by atoms with Gasteiger partial charge in [-0.1, -0.05) is 11.5 Å². The number of pyridine rings is 1. The van der Waals surface area contributed by atoms with E-state index in [0.717, 1.165) is 6.29 Å². The second kappa shape index (κ2) is 2.44. The summed E-state index contributed by atoms with van der Waals surface area (Å²) in [4.78, 5) is 14.3. The summed E-state index contributed by atoms with van der Waals surface area (Å²) in [6.45, 7) is 0. The van der Waals surface area contributed by atoms with Crippen molar-refractivity contribution in [3.8, 4) is 0 Å². The van der Waals surface area contributed by atoms with E-state index in [9.17, 15) is 4.79 Å². The van der Waals surface area contributed by atoms with E-state index in [4.69, 9.17) is 7.85 Å². The Labute approximate surface area is 69.6 Å². The summed E-state index contributed by atoms with van der Waals surface area (Å²) in [6, 6.07) is 1.57. The summed E-state index contributed by atoms with van der Waals surface area (Å²) in [6.07, 6.45) is 3.68. The van der Waals surface area contributed by atoms with E-state index in [1.165, 1.54) is 10.8 Å². The summed E-state index contributed by atoms with van der Waals surface area (Å²) in [5.74, 6) is 0. The van der Waals surface area contributed by atoms with E-state index in [-0.39, 0.29) is 0 Å². The molecule has 2 rings (SSSR count). The van der Waals surface area contributed by atoms with Crippen molar-refractivity contribution in [1.29, 1.82) is 0 Å². The van der Waals surface area contributed by atoms with E-state index in [2.05, 4.69) is 10.1 Å². The van der Waals surface area contributed by atoms with Crippen LogP contribution in [0.5, 0.6) is 0 Å². The highest BCUT2D eigenvalue weighted by Crippen LogP contribution is 1.96. The lowest BCUT2D eigenvalue weighted by Crippen LogP contribution is -2.09. The Balaban J connectivity index is 2.83. The summed E-state index contributed by atoms with van der Waals surface area (Å²) in [7, 11) is 5.59. The normalized spacial score (nSPS) is 10.3. The Kier molecular flexibility index (Phi) is 1.43. The molecule has 0 aliphatic carbocycles. The molecule has 0 fully saturated rings. The van der Waals surface area contributed by atoms with Crippen LogP contribution in [-0.4, -0.2) is 28.7 Å². The molecule has 0 saturated carbocycles. The second-order valence-corrected chi connectivity index (χ2v) is 2.37. The van der Waals surface area contributed by atoms with Crippen LogP contribution in [0.4, 0.5) is 0 Å². The number of hydrogen-bond donors (Lipinski definition) is 0. The predicted molar refractivity (Wildman–Crippen MR) is 43.8 cm³/mol. The minimum Gasteiger partial charge on any atom is -0.298 e. The van der Waals surface area contributed by atoms with E-state index in [0.29, 0.717) is 16.7 Å². The molecule has 0 atom stereocenters. The van der Waals surface area contributed by atoms with E-state index < -0.39 is 0 Å². The number of nitrogens with zero attached hydrogens (tertiary/aromatic N) is 3. The van der Waals surface area contributed by atoms with Gasteiger partial charge >= 0.3 is 0 Å². The van der Waals surface area contributed by atoms with Crippen LogP contribution in [0.25, 0.3) is 5.65 Å². The van der Waals surface area contributed by atoms with Crippen molar-refractivity contribution in [3.05, 3.63) is 24.2 Å². The molecule has 0 amide bonds. The SMILES string of the molecule is [B]c1cc(C=O)cn2ncnc12. The number of rotatable bonds is 1. The average molecular weight is 157 g/mol. The Morgan fingerprint density at radius 1 is 1.58 bits per heavy atom. The van der Waals surface area contributed by atoms with Gasteiger partial charge in [0.25, 0.3) is 0 Å². The third-order valence-corrected chi connectivity index (χ3v) is 1.56. The summed E-state index contributed by atoms with van der Waals surface area (Å²) in [5, 5.41) is 3.85. The van der Waals surface area contributed by atoms with Gasteiger partial charge in [-0.05, 0) is 0 Å². The zero-order chi connectivity index (χ0) is 8.55. The van der Waals surface area contributed by atoms with Crippen LogP contribution in [-0.2, 0) is 0 Å². The Hall–Kier alpha value is -1.65. The fraction of sp³-hybridized carbons (Fsp3) is 0. The van der Waals surface area contributed by atoms with Gasteiger partial charge < -0.3 is 0 Å². The lowest BCUT2D eigenvalue weighted by atomic mass is 9.96. The highest BCUT2D eigenvalue weighted by Gasteiger charge is 2.00. The first-order valence-corrected chi connectivity index (χ1v) is 3.35. The van der Waals surface area contributed by atoms with E-state index in [1.807, 2.05) is 0 Å².